The van der Waals surface area contributed by atoms with E-state index in [-0.39, 0.29) is 17.6 Å². The maximum atomic E-state index is 13.3. The molecule has 1 unspecified atom stereocenters. The van der Waals surface area contributed by atoms with Gasteiger partial charge in [-0.3, -0.25) is 14.6 Å². The van der Waals surface area contributed by atoms with E-state index < -0.39 is 5.92 Å². The number of hydrogen-bond acceptors (Lipinski definition) is 4. The van der Waals surface area contributed by atoms with E-state index in [2.05, 4.69) is 5.32 Å². The van der Waals surface area contributed by atoms with E-state index in [0.717, 1.165) is 46.0 Å². The number of carbonyl (C=O) groups excluding carboxylic acids is 2. The highest BCUT2D eigenvalue weighted by Crippen LogP contribution is 2.44. The Balaban J connectivity index is 1.75. The first-order valence-electron chi connectivity index (χ1n) is 9.27. The average molecular weight is 378 g/mol. The van der Waals surface area contributed by atoms with Crippen molar-refractivity contribution in [2.24, 2.45) is 10.9 Å². The van der Waals surface area contributed by atoms with E-state index in [1.807, 2.05) is 55.6 Å². The van der Waals surface area contributed by atoms with Crippen molar-refractivity contribution in [2.75, 3.05) is 5.32 Å². The van der Waals surface area contributed by atoms with Crippen LogP contribution in [0.5, 0.6) is 0 Å². The van der Waals surface area contributed by atoms with Gasteiger partial charge in [-0.05, 0) is 49.8 Å². The van der Waals surface area contributed by atoms with Crippen LogP contribution in [-0.2, 0) is 9.59 Å². The molecular weight excluding hydrogens is 356 g/mol. The number of nitrogens with zero attached hydrogens (tertiary/aromatic N) is 1. The number of aryl methyl sites for hydroxylation is 1. The molecule has 0 radical (unpaired) electrons. The van der Waals surface area contributed by atoms with E-state index in [1.54, 1.807) is 11.3 Å². The number of nitrogens with one attached hydrogen (secondary N) is 1. The molecule has 0 saturated heterocycles. The van der Waals surface area contributed by atoms with Crippen LogP contribution in [0.1, 0.15) is 42.5 Å². The number of aliphatic imine (C=N–C) groups is 1. The molecule has 1 aliphatic heterocycles. The standard InChI is InChI=1S/C22H22N2O2S/c1-13-7-3-4-8-15(13)24-22(26)19-14(2)23-16-9-5-10-17(25)20(16)21(19)18-11-6-12-27-18/h3-4,6-8,11-12,19,21H,5,9-10H2,1-2H3,(H,24,26)/t19?,21-/m1/s1. The minimum absolute atomic E-state index is 0.103. The molecule has 27 heavy (non-hydrogen) atoms. The lowest BCUT2D eigenvalue weighted by molar-refractivity contribution is -0.119. The summed E-state index contributed by atoms with van der Waals surface area (Å²) in [5, 5.41) is 5.06. The van der Waals surface area contributed by atoms with Crippen LogP contribution < -0.4 is 5.32 Å². The van der Waals surface area contributed by atoms with Gasteiger partial charge in [0, 0.05) is 39.9 Å². The zero-order valence-electron chi connectivity index (χ0n) is 15.5. The predicted molar refractivity (Wildman–Crippen MR) is 109 cm³/mol. The average Bonchev–Trinajstić information content (AvgIpc) is 3.17. The Labute approximate surface area is 163 Å². The largest absolute Gasteiger partial charge is 0.325 e. The van der Waals surface area contributed by atoms with Crippen LogP contribution in [0.4, 0.5) is 5.69 Å². The van der Waals surface area contributed by atoms with Crippen LogP contribution in [0.3, 0.4) is 0 Å². The van der Waals surface area contributed by atoms with Gasteiger partial charge in [-0.25, -0.2) is 0 Å². The molecule has 2 aliphatic rings. The molecule has 0 fully saturated rings. The van der Waals surface area contributed by atoms with Crippen molar-refractivity contribution in [1.82, 2.24) is 0 Å². The first-order valence-corrected chi connectivity index (χ1v) is 10.2. The Morgan fingerprint density at radius 1 is 1.15 bits per heavy atom. The molecule has 2 heterocycles. The zero-order valence-corrected chi connectivity index (χ0v) is 16.3. The van der Waals surface area contributed by atoms with Gasteiger partial charge in [0.25, 0.3) is 0 Å². The Morgan fingerprint density at radius 3 is 2.70 bits per heavy atom. The minimum Gasteiger partial charge on any atom is -0.325 e. The Hall–Kier alpha value is -2.53. The van der Waals surface area contributed by atoms with Crippen molar-refractivity contribution in [3.8, 4) is 0 Å². The summed E-state index contributed by atoms with van der Waals surface area (Å²) >= 11 is 1.60. The summed E-state index contributed by atoms with van der Waals surface area (Å²) in [6, 6.07) is 11.7. The lowest BCUT2D eigenvalue weighted by atomic mass is 9.74. The van der Waals surface area contributed by atoms with Gasteiger partial charge in [-0.15, -0.1) is 11.3 Å². The first kappa shape index (κ1) is 17.9. The topological polar surface area (TPSA) is 58.5 Å². The highest BCUT2D eigenvalue weighted by molar-refractivity contribution is 7.10. The molecule has 0 bridgehead atoms. The summed E-state index contributed by atoms with van der Waals surface area (Å²) < 4.78 is 0. The molecule has 2 aromatic rings. The van der Waals surface area contributed by atoms with Crippen molar-refractivity contribution in [3.63, 3.8) is 0 Å². The van der Waals surface area contributed by atoms with Gasteiger partial charge < -0.3 is 5.32 Å². The SMILES string of the molecule is CC1=NC2=C(C(=O)CCC2)[C@H](c2cccs2)C1C(=O)Nc1ccccc1C. The molecule has 2 atom stereocenters. The maximum absolute atomic E-state index is 13.3. The third kappa shape index (κ3) is 3.28. The fourth-order valence-electron chi connectivity index (χ4n) is 4.05. The van der Waals surface area contributed by atoms with Crippen molar-refractivity contribution >= 4 is 34.4 Å². The van der Waals surface area contributed by atoms with Crippen LogP contribution in [0.25, 0.3) is 0 Å². The summed E-state index contributed by atoms with van der Waals surface area (Å²) in [4.78, 5) is 31.8. The number of hydrogen-bond donors (Lipinski definition) is 1. The molecule has 0 spiro atoms. The Morgan fingerprint density at radius 2 is 1.96 bits per heavy atom. The summed E-state index contributed by atoms with van der Waals surface area (Å²) in [5.74, 6) is -0.674. The van der Waals surface area contributed by atoms with Crippen molar-refractivity contribution < 1.29 is 9.59 Å². The normalized spacial score (nSPS) is 22.3. The monoisotopic (exact) mass is 378 g/mol. The molecule has 5 heteroatoms. The third-order valence-electron chi connectivity index (χ3n) is 5.37. The molecule has 1 aromatic carbocycles. The number of anilines is 1. The fraction of sp³-hybridized carbons (Fsp3) is 0.318. The van der Waals surface area contributed by atoms with Crippen molar-refractivity contribution in [2.45, 2.75) is 39.0 Å². The lowest BCUT2D eigenvalue weighted by Crippen LogP contribution is -2.38. The van der Waals surface area contributed by atoms with E-state index in [1.165, 1.54) is 0 Å². The quantitative estimate of drug-likeness (QED) is 0.828. The molecule has 0 saturated carbocycles. The van der Waals surface area contributed by atoms with Crippen LogP contribution in [0, 0.1) is 12.8 Å². The van der Waals surface area contributed by atoms with E-state index >= 15 is 0 Å². The highest BCUT2D eigenvalue weighted by Gasteiger charge is 2.42. The minimum atomic E-state index is -0.468. The van der Waals surface area contributed by atoms with Crippen LogP contribution in [-0.4, -0.2) is 17.4 Å². The second-order valence-electron chi connectivity index (χ2n) is 7.17. The second kappa shape index (κ2) is 7.24. The van der Waals surface area contributed by atoms with E-state index in [0.29, 0.717) is 6.42 Å². The molecular formula is C22H22N2O2S. The van der Waals surface area contributed by atoms with Gasteiger partial charge in [-0.1, -0.05) is 24.3 Å². The fourth-order valence-corrected chi connectivity index (χ4v) is 4.92. The number of carbonyl (C=O) groups is 2. The number of thiophene rings is 1. The van der Waals surface area contributed by atoms with Gasteiger partial charge in [0.2, 0.25) is 5.91 Å². The summed E-state index contributed by atoms with van der Waals surface area (Å²) in [6.45, 7) is 3.88. The number of para-hydroxylation sites is 1. The van der Waals surface area contributed by atoms with Gasteiger partial charge in [0.15, 0.2) is 5.78 Å². The van der Waals surface area contributed by atoms with Crippen LogP contribution >= 0.6 is 11.3 Å². The van der Waals surface area contributed by atoms with Crippen molar-refractivity contribution in [1.29, 1.82) is 0 Å². The predicted octanol–water partition coefficient (Wildman–Crippen LogP) is 4.88. The van der Waals surface area contributed by atoms with E-state index in [4.69, 9.17) is 4.99 Å². The second-order valence-corrected chi connectivity index (χ2v) is 8.14. The van der Waals surface area contributed by atoms with Crippen LogP contribution in [0.15, 0.2) is 58.0 Å². The van der Waals surface area contributed by atoms with Gasteiger partial charge in [0.05, 0.1) is 5.92 Å². The number of Topliss-reactive ketones (excluding diaryl/α,β-unsaturated/α-hetero) is 1. The summed E-state index contributed by atoms with van der Waals surface area (Å²) in [5.41, 5.74) is 4.22. The molecule has 138 valence electrons. The molecule has 1 N–H and O–H groups in total. The number of allylic oxidation sites excluding steroid dienone is 2. The zero-order chi connectivity index (χ0) is 19.0. The third-order valence-corrected chi connectivity index (χ3v) is 6.32. The molecule has 4 rings (SSSR count). The number of benzene rings is 1. The first-order chi connectivity index (χ1) is 13.1. The van der Waals surface area contributed by atoms with Gasteiger partial charge >= 0.3 is 0 Å². The smallest absolute Gasteiger partial charge is 0.234 e. The van der Waals surface area contributed by atoms with Gasteiger partial charge in [-0.2, -0.15) is 0 Å². The number of ketones is 1. The highest BCUT2D eigenvalue weighted by atomic mass is 32.1. The van der Waals surface area contributed by atoms with Crippen molar-refractivity contribution in [3.05, 3.63) is 63.5 Å². The van der Waals surface area contributed by atoms with E-state index in [9.17, 15) is 9.59 Å². The molecule has 1 aromatic heterocycles. The summed E-state index contributed by atoms with van der Waals surface area (Å²) in [6.07, 6.45) is 2.19. The molecule has 1 aliphatic carbocycles. The van der Waals surface area contributed by atoms with Crippen LogP contribution in [0.2, 0.25) is 0 Å². The summed E-state index contributed by atoms with van der Waals surface area (Å²) in [7, 11) is 0. The number of rotatable bonds is 3. The Bertz CT molecular complexity index is 956. The molecule has 1 amide bonds. The van der Waals surface area contributed by atoms with Gasteiger partial charge in [0.1, 0.15) is 0 Å². The Kier molecular flexibility index (Phi) is 4.79. The maximum Gasteiger partial charge on any atom is 0.234 e. The number of amides is 1. The lowest BCUT2D eigenvalue weighted by Gasteiger charge is -2.34. The molecule has 4 nitrogen and oxygen atoms in total.